The van der Waals surface area contributed by atoms with Crippen molar-refractivity contribution in [2.24, 2.45) is 0 Å². The van der Waals surface area contributed by atoms with E-state index in [1.54, 1.807) is 6.92 Å². The highest BCUT2D eigenvalue weighted by Crippen LogP contribution is 2.25. The molecule has 7 heteroatoms. The van der Waals surface area contributed by atoms with Crippen LogP contribution in [0.5, 0.6) is 0 Å². The van der Waals surface area contributed by atoms with E-state index >= 15 is 0 Å². The van der Waals surface area contributed by atoms with Crippen molar-refractivity contribution in [2.75, 3.05) is 6.61 Å². The molecule has 2 saturated heterocycles. The average Bonchev–Trinajstić information content (AvgIpc) is 2.26. The van der Waals surface area contributed by atoms with Gasteiger partial charge >= 0.3 is 0 Å². The summed E-state index contributed by atoms with van der Waals surface area (Å²) in [5.74, 6) is -0.362. The molecule has 2 rings (SSSR count). The number of hydrogen-bond donors (Lipinski definition) is 4. The maximum atomic E-state index is 11.3. The molecule has 2 fully saturated rings. The summed E-state index contributed by atoms with van der Waals surface area (Å²) in [5, 5.41) is 30.8. The standard InChI is InChI=1S/C9H15NO6/c1-3-8(14)10-5-7(13)6(12)4(2-11)16-9(5)15-3/h3-7,9,11-13H,2H2,1H3,(H,10,14)/t3-,4?,5?,6+,7+,9-/m0/s1. The van der Waals surface area contributed by atoms with Crippen molar-refractivity contribution in [2.45, 2.75) is 43.7 Å². The summed E-state index contributed by atoms with van der Waals surface area (Å²) in [5.41, 5.74) is 0. The molecule has 0 radical (unpaired) electrons. The largest absolute Gasteiger partial charge is 0.394 e. The molecule has 0 bridgehead atoms. The number of amides is 1. The van der Waals surface area contributed by atoms with Crippen LogP contribution in [0, 0.1) is 0 Å². The topological polar surface area (TPSA) is 108 Å². The first-order valence-electron chi connectivity index (χ1n) is 5.13. The van der Waals surface area contributed by atoms with Gasteiger partial charge in [0.05, 0.1) is 6.61 Å². The number of rotatable bonds is 1. The van der Waals surface area contributed by atoms with Gasteiger partial charge < -0.3 is 30.1 Å². The summed E-state index contributed by atoms with van der Waals surface area (Å²) < 4.78 is 10.5. The Balaban J connectivity index is 2.13. The lowest BCUT2D eigenvalue weighted by molar-refractivity contribution is -0.288. The molecule has 0 aromatic heterocycles. The second-order valence-electron chi connectivity index (χ2n) is 4.02. The lowest BCUT2D eigenvalue weighted by Crippen LogP contribution is -2.69. The number of morpholine rings is 1. The smallest absolute Gasteiger partial charge is 0.249 e. The molecular formula is C9H15NO6. The first kappa shape index (κ1) is 11.7. The third-order valence-electron chi connectivity index (χ3n) is 2.90. The summed E-state index contributed by atoms with van der Waals surface area (Å²) in [4.78, 5) is 11.3. The summed E-state index contributed by atoms with van der Waals surface area (Å²) in [7, 11) is 0. The molecule has 2 aliphatic heterocycles. The minimum Gasteiger partial charge on any atom is -0.394 e. The molecule has 6 atom stereocenters. The molecule has 92 valence electrons. The molecule has 2 heterocycles. The molecule has 0 aromatic rings. The number of carbonyl (C=O) groups is 1. The number of fused-ring (bicyclic) bond motifs is 1. The van der Waals surface area contributed by atoms with E-state index in [4.69, 9.17) is 14.6 Å². The molecule has 2 aliphatic rings. The third kappa shape index (κ3) is 1.80. The van der Waals surface area contributed by atoms with Crippen LogP contribution in [0.4, 0.5) is 0 Å². The van der Waals surface area contributed by atoms with Gasteiger partial charge in [0.15, 0.2) is 6.29 Å². The van der Waals surface area contributed by atoms with Crippen molar-refractivity contribution in [3.05, 3.63) is 0 Å². The Kier molecular flexibility index (Phi) is 3.13. The number of aliphatic hydroxyl groups is 3. The molecule has 4 N–H and O–H groups in total. The molecular weight excluding hydrogens is 218 g/mol. The Morgan fingerprint density at radius 2 is 2.00 bits per heavy atom. The third-order valence-corrected chi connectivity index (χ3v) is 2.90. The predicted octanol–water partition coefficient (Wildman–Crippen LogP) is -2.67. The Hall–Kier alpha value is -0.730. The normalized spacial score (nSPS) is 48.4. The number of ether oxygens (including phenoxy) is 2. The average molecular weight is 233 g/mol. The number of hydrogen-bond acceptors (Lipinski definition) is 6. The first-order valence-corrected chi connectivity index (χ1v) is 5.13. The zero-order valence-electron chi connectivity index (χ0n) is 8.74. The van der Waals surface area contributed by atoms with Crippen LogP contribution in [0.1, 0.15) is 6.92 Å². The van der Waals surface area contributed by atoms with E-state index in [9.17, 15) is 15.0 Å². The molecule has 7 nitrogen and oxygen atoms in total. The molecule has 0 aromatic carbocycles. The molecule has 16 heavy (non-hydrogen) atoms. The highest BCUT2D eigenvalue weighted by Gasteiger charge is 2.49. The van der Waals surface area contributed by atoms with E-state index in [1.165, 1.54) is 0 Å². The zero-order chi connectivity index (χ0) is 11.9. The Labute approximate surface area is 92.0 Å². The van der Waals surface area contributed by atoms with Gasteiger partial charge in [0.25, 0.3) is 0 Å². The minimum absolute atomic E-state index is 0.362. The van der Waals surface area contributed by atoms with Crippen LogP contribution >= 0.6 is 0 Å². The van der Waals surface area contributed by atoms with Crippen LogP contribution in [-0.2, 0) is 14.3 Å². The van der Waals surface area contributed by atoms with Crippen LogP contribution in [0.25, 0.3) is 0 Å². The summed E-state index contributed by atoms with van der Waals surface area (Å²) in [6, 6.07) is -0.804. The summed E-state index contributed by atoms with van der Waals surface area (Å²) >= 11 is 0. The van der Waals surface area contributed by atoms with E-state index in [0.29, 0.717) is 0 Å². The maximum absolute atomic E-state index is 11.3. The fraction of sp³-hybridized carbons (Fsp3) is 0.889. The fourth-order valence-corrected chi connectivity index (χ4v) is 1.90. The molecule has 2 unspecified atom stereocenters. The van der Waals surface area contributed by atoms with Crippen molar-refractivity contribution in [3.63, 3.8) is 0 Å². The maximum Gasteiger partial charge on any atom is 0.249 e. The molecule has 0 spiro atoms. The van der Waals surface area contributed by atoms with Gasteiger partial charge in [0.2, 0.25) is 5.91 Å². The van der Waals surface area contributed by atoms with Gasteiger partial charge in [-0.2, -0.15) is 0 Å². The lowest BCUT2D eigenvalue weighted by Gasteiger charge is -2.45. The molecule has 1 amide bonds. The van der Waals surface area contributed by atoms with Gasteiger partial charge in [0, 0.05) is 0 Å². The van der Waals surface area contributed by atoms with Crippen LogP contribution in [-0.4, -0.2) is 64.6 Å². The van der Waals surface area contributed by atoms with Gasteiger partial charge in [-0.3, -0.25) is 4.79 Å². The second kappa shape index (κ2) is 4.27. The lowest BCUT2D eigenvalue weighted by atomic mass is 9.96. The highest BCUT2D eigenvalue weighted by atomic mass is 16.7. The zero-order valence-corrected chi connectivity index (χ0v) is 8.74. The molecule has 0 saturated carbocycles. The van der Waals surface area contributed by atoms with Crippen LogP contribution in [0.2, 0.25) is 0 Å². The Bertz CT molecular complexity index is 285. The van der Waals surface area contributed by atoms with Crippen molar-refractivity contribution in [3.8, 4) is 0 Å². The molecule has 0 aliphatic carbocycles. The quantitative estimate of drug-likeness (QED) is 0.393. The van der Waals surface area contributed by atoms with E-state index in [2.05, 4.69) is 5.32 Å². The van der Waals surface area contributed by atoms with Gasteiger partial charge in [0.1, 0.15) is 30.5 Å². The highest BCUT2D eigenvalue weighted by molar-refractivity contribution is 5.81. The monoisotopic (exact) mass is 233 g/mol. The Morgan fingerprint density at radius 3 is 2.62 bits per heavy atom. The van der Waals surface area contributed by atoms with Gasteiger partial charge in [-0.25, -0.2) is 0 Å². The van der Waals surface area contributed by atoms with Crippen molar-refractivity contribution < 1.29 is 29.6 Å². The van der Waals surface area contributed by atoms with Crippen molar-refractivity contribution in [1.29, 1.82) is 0 Å². The first-order chi connectivity index (χ1) is 7.54. The van der Waals surface area contributed by atoms with Gasteiger partial charge in [-0.05, 0) is 6.92 Å². The van der Waals surface area contributed by atoms with Gasteiger partial charge in [-0.15, -0.1) is 0 Å². The number of aliphatic hydroxyl groups excluding tert-OH is 3. The predicted molar refractivity (Wildman–Crippen MR) is 50.2 cm³/mol. The van der Waals surface area contributed by atoms with Crippen LogP contribution < -0.4 is 5.32 Å². The second-order valence-corrected chi connectivity index (χ2v) is 4.02. The fourth-order valence-electron chi connectivity index (χ4n) is 1.90. The SMILES string of the molecule is C[C@@H]1O[C@H]2OC(CO)[C@@H](O)[C@H](O)C2NC1=O. The minimum atomic E-state index is -1.25. The summed E-state index contributed by atoms with van der Waals surface area (Å²) in [6.07, 6.45) is -4.89. The van der Waals surface area contributed by atoms with Crippen LogP contribution in [0.15, 0.2) is 0 Å². The number of carbonyl (C=O) groups excluding carboxylic acids is 1. The van der Waals surface area contributed by atoms with Crippen LogP contribution in [0.3, 0.4) is 0 Å². The van der Waals surface area contributed by atoms with E-state index in [1.807, 2.05) is 0 Å². The van der Waals surface area contributed by atoms with Crippen molar-refractivity contribution >= 4 is 5.91 Å². The van der Waals surface area contributed by atoms with Crippen molar-refractivity contribution in [1.82, 2.24) is 5.32 Å². The summed E-state index contributed by atoms with van der Waals surface area (Å²) in [6.45, 7) is 1.13. The van der Waals surface area contributed by atoms with E-state index < -0.39 is 43.4 Å². The van der Waals surface area contributed by atoms with E-state index in [0.717, 1.165) is 0 Å². The van der Waals surface area contributed by atoms with E-state index in [-0.39, 0.29) is 5.91 Å². The number of nitrogens with one attached hydrogen (secondary N) is 1. The van der Waals surface area contributed by atoms with Gasteiger partial charge in [-0.1, -0.05) is 0 Å². The Morgan fingerprint density at radius 1 is 1.31 bits per heavy atom.